The van der Waals surface area contributed by atoms with Crippen molar-refractivity contribution in [2.45, 2.75) is 38.6 Å². The number of hydrogen-bond donors (Lipinski definition) is 3. The molecule has 21 heavy (non-hydrogen) atoms. The molecule has 0 radical (unpaired) electrons. The van der Waals surface area contributed by atoms with Crippen LogP contribution in [0.4, 0.5) is 0 Å². The van der Waals surface area contributed by atoms with Crippen LogP contribution in [0.1, 0.15) is 31.7 Å². The third-order valence-electron chi connectivity index (χ3n) is 3.36. The molecule has 6 N–H and O–H groups in total. The lowest BCUT2D eigenvalue weighted by atomic mass is 9.93. The topological polar surface area (TPSA) is 107 Å². The average molecular weight is 290 g/mol. The summed E-state index contributed by atoms with van der Waals surface area (Å²) in [7, 11) is 0. The number of Topliss-reactive ketones (excluding diaryl/α,β-unsaturated/α-hetero) is 1. The summed E-state index contributed by atoms with van der Waals surface area (Å²) in [5.41, 5.74) is 17.6. The van der Waals surface area contributed by atoms with Gasteiger partial charge >= 0.3 is 0 Å². The maximum atomic E-state index is 12.1. The predicted molar refractivity (Wildman–Crippen MR) is 86.8 cm³/mol. The van der Waals surface area contributed by atoms with Gasteiger partial charge in [0.25, 0.3) is 0 Å². The fraction of sp³-hybridized carbons (Fsp3) is 0.500. The molecule has 1 rings (SSSR count). The molecule has 0 aliphatic carbocycles. The van der Waals surface area contributed by atoms with Crippen LogP contribution in [0.2, 0.25) is 0 Å². The molecule has 2 atom stereocenters. The van der Waals surface area contributed by atoms with Crippen molar-refractivity contribution in [1.82, 2.24) is 0 Å². The summed E-state index contributed by atoms with van der Waals surface area (Å²) in [6, 6.07) is 9.76. The van der Waals surface area contributed by atoms with Crippen LogP contribution in [0.5, 0.6) is 0 Å². The quantitative estimate of drug-likeness (QED) is 0.361. The smallest absolute Gasteiger partial charge is 0.185 e. The van der Waals surface area contributed by atoms with E-state index in [4.69, 9.17) is 17.2 Å². The molecule has 5 nitrogen and oxygen atoms in total. The van der Waals surface area contributed by atoms with E-state index in [1.165, 1.54) is 5.56 Å². The van der Waals surface area contributed by atoms with E-state index in [0.717, 1.165) is 12.8 Å². The SMILES string of the molecule is C[C@H](CC(=O)[C@@H](N)CCCN=C(N)N)Cc1ccccc1. The summed E-state index contributed by atoms with van der Waals surface area (Å²) in [5.74, 6) is 0.484. The van der Waals surface area contributed by atoms with Gasteiger partial charge in [0.15, 0.2) is 5.96 Å². The number of ketones is 1. The molecule has 0 unspecified atom stereocenters. The van der Waals surface area contributed by atoms with Crippen LogP contribution < -0.4 is 17.2 Å². The number of aliphatic imine (C=N–C) groups is 1. The van der Waals surface area contributed by atoms with E-state index < -0.39 is 6.04 Å². The number of rotatable bonds is 9. The van der Waals surface area contributed by atoms with E-state index in [1.807, 2.05) is 18.2 Å². The van der Waals surface area contributed by atoms with Crippen molar-refractivity contribution in [3.63, 3.8) is 0 Å². The standard InChI is InChI=1S/C16H26N4O/c1-12(10-13-6-3-2-4-7-13)11-15(21)14(17)8-5-9-20-16(18)19/h2-4,6-7,12,14H,5,8-11,17H2,1H3,(H4,18,19,20)/t12-,14-/m0/s1. The van der Waals surface area contributed by atoms with Gasteiger partial charge in [0, 0.05) is 13.0 Å². The maximum Gasteiger partial charge on any atom is 0.185 e. The normalized spacial score (nSPS) is 13.4. The Morgan fingerprint density at radius 2 is 1.90 bits per heavy atom. The van der Waals surface area contributed by atoms with Crippen molar-refractivity contribution in [1.29, 1.82) is 0 Å². The van der Waals surface area contributed by atoms with E-state index in [2.05, 4.69) is 24.0 Å². The minimum atomic E-state index is -0.419. The Morgan fingerprint density at radius 1 is 1.24 bits per heavy atom. The zero-order valence-corrected chi connectivity index (χ0v) is 12.7. The average Bonchev–Trinajstić information content (AvgIpc) is 2.44. The molecular weight excluding hydrogens is 264 g/mol. The highest BCUT2D eigenvalue weighted by molar-refractivity contribution is 5.83. The minimum Gasteiger partial charge on any atom is -0.370 e. The van der Waals surface area contributed by atoms with Crippen LogP contribution in [-0.2, 0) is 11.2 Å². The van der Waals surface area contributed by atoms with Crippen molar-refractivity contribution in [3.05, 3.63) is 35.9 Å². The molecule has 0 saturated carbocycles. The second-order valence-electron chi connectivity index (χ2n) is 5.52. The molecular formula is C16H26N4O. The number of guanidine groups is 1. The first-order chi connectivity index (χ1) is 9.99. The Balaban J connectivity index is 2.29. The van der Waals surface area contributed by atoms with Crippen LogP contribution in [-0.4, -0.2) is 24.3 Å². The summed E-state index contributed by atoms with van der Waals surface area (Å²) < 4.78 is 0. The zero-order chi connectivity index (χ0) is 15.7. The predicted octanol–water partition coefficient (Wildman–Crippen LogP) is 1.21. The van der Waals surface area contributed by atoms with Gasteiger partial charge in [-0.3, -0.25) is 9.79 Å². The van der Waals surface area contributed by atoms with Gasteiger partial charge in [0.1, 0.15) is 5.78 Å². The van der Waals surface area contributed by atoms with E-state index >= 15 is 0 Å². The molecule has 1 aromatic rings. The first kappa shape index (κ1) is 17.2. The van der Waals surface area contributed by atoms with Gasteiger partial charge < -0.3 is 17.2 Å². The van der Waals surface area contributed by atoms with Gasteiger partial charge in [-0.15, -0.1) is 0 Å². The Kier molecular flexibility index (Phi) is 7.46. The van der Waals surface area contributed by atoms with Gasteiger partial charge in [-0.05, 0) is 30.7 Å². The molecule has 0 amide bonds. The Morgan fingerprint density at radius 3 is 2.52 bits per heavy atom. The van der Waals surface area contributed by atoms with Crippen molar-refractivity contribution in [3.8, 4) is 0 Å². The van der Waals surface area contributed by atoms with E-state index in [1.54, 1.807) is 0 Å². The molecule has 0 saturated heterocycles. The van der Waals surface area contributed by atoms with Gasteiger partial charge in [-0.1, -0.05) is 37.3 Å². The number of carbonyl (C=O) groups is 1. The number of carbonyl (C=O) groups excluding carboxylic acids is 1. The summed E-state index contributed by atoms with van der Waals surface area (Å²) in [4.78, 5) is 15.9. The summed E-state index contributed by atoms with van der Waals surface area (Å²) >= 11 is 0. The molecule has 0 aliphatic heterocycles. The maximum absolute atomic E-state index is 12.1. The fourth-order valence-corrected chi connectivity index (χ4v) is 2.26. The molecule has 0 bridgehead atoms. The van der Waals surface area contributed by atoms with Gasteiger partial charge in [-0.2, -0.15) is 0 Å². The summed E-state index contributed by atoms with van der Waals surface area (Å²) in [5, 5.41) is 0. The van der Waals surface area contributed by atoms with Crippen LogP contribution in [0.3, 0.4) is 0 Å². The van der Waals surface area contributed by atoms with Crippen molar-refractivity contribution in [2.24, 2.45) is 28.1 Å². The van der Waals surface area contributed by atoms with Crippen molar-refractivity contribution >= 4 is 11.7 Å². The molecule has 5 heteroatoms. The van der Waals surface area contributed by atoms with Crippen LogP contribution in [0.15, 0.2) is 35.3 Å². The zero-order valence-electron chi connectivity index (χ0n) is 12.7. The lowest BCUT2D eigenvalue weighted by Gasteiger charge is -2.14. The van der Waals surface area contributed by atoms with Gasteiger partial charge in [0.05, 0.1) is 6.04 Å². The van der Waals surface area contributed by atoms with E-state index in [9.17, 15) is 4.79 Å². The molecule has 0 spiro atoms. The largest absolute Gasteiger partial charge is 0.370 e. The highest BCUT2D eigenvalue weighted by Crippen LogP contribution is 2.13. The molecule has 1 aromatic carbocycles. The monoisotopic (exact) mass is 290 g/mol. The number of nitrogens with two attached hydrogens (primary N) is 3. The second kappa shape index (κ2) is 9.13. The second-order valence-corrected chi connectivity index (χ2v) is 5.52. The third kappa shape index (κ3) is 7.46. The minimum absolute atomic E-state index is 0.0754. The molecule has 0 heterocycles. The molecule has 0 aliphatic rings. The van der Waals surface area contributed by atoms with Gasteiger partial charge in [0.2, 0.25) is 0 Å². The van der Waals surface area contributed by atoms with Crippen molar-refractivity contribution < 1.29 is 4.79 Å². The van der Waals surface area contributed by atoms with Gasteiger partial charge in [-0.25, -0.2) is 0 Å². The first-order valence-electron chi connectivity index (χ1n) is 7.36. The highest BCUT2D eigenvalue weighted by atomic mass is 16.1. The summed E-state index contributed by atoms with van der Waals surface area (Å²) in [6.07, 6.45) is 2.75. The first-order valence-corrected chi connectivity index (χ1v) is 7.36. The Labute approximate surface area is 126 Å². The van der Waals surface area contributed by atoms with E-state index in [-0.39, 0.29) is 11.7 Å². The molecule has 0 fully saturated rings. The number of benzene rings is 1. The molecule has 0 aromatic heterocycles. The lowest BCUT2D eigenvalue weighted by molar-refractivity contribution is -0.121. The lowest BCUT2D eigenvalue weighted by Crippen LogP contribution is -2.32. The fourth-order valence-electron chi connectivity index (χ4n) is 2.26. The number of nitrogens with zero attached hydrogens (tertiary/aromatic N) is 1. The summed E-state index contributed by atoms with van der Waals surface area (Å²) in [6.45, 7) is 2.60. The van der Waals surface area contributed by atoms with Crippen LogP contribution in [0, 0.1) is 5.92 Å². The third-order valence-corrected chi connectivity index (χ3v) is 3.36. The molecule has 116 valence electrons. The Hall–Kier alpha value is -1.88. The van der Waals surface area contributed by atoms with E-state index in [0.29, 0.717) is 25.3 Å². The van der Waals surface area contributed by atoms with Crippen LogP contribution in [0.25, 0.3) is 0 Å². The van der Waals surface area contributed by atoms with Crippen molar-refractivity contribution in [2.75, 3.05) is 6.54 Å². The van der Waals surface area contributed by atoms with Crippen LogP contribution >= 0.6 is 0 Å². The highest BCUT2D eigenvalue weighted by Gasteiger charge is 2.16. The Bertz CT molecular complexity index is 455. The number of hydrogen-bond acceptors (Lipinski definition) is 3.